The van der Waals surface area contributed by atoms with Crippen LogP contribution in [0.25, 0.3) is 0 Å². The Bertz CT molecular complexity index is 1360. The lowest BCUT2D eigenvalue weighted by Crippen LogP contribution is -2.51. The van der Waals surface area contributed by atoms with Gasteiger partial charge in [0.15, 0.2) is 0 Å². The van der Waals surface area contributed by atoms with Gasteiger partial charge < -0.3 is 15.0 Å². The number of halogens is 1. The molecule has 0 unspecified atom stereocenters. The second-order valence-corrected chi connectivity index (χ2v) is 12.5. The molecular formula is C30H36BrN3O5S. The van der Waals surface area contributed by atoms with Gasteiger partial charge in [0.05, 0.1) is 17.2 Å². The second kappa shape index (κ2) is 14.3. The van der Waals surface area contributed by atoms with Crippen LogP contribution < -0.4 is 14.4 Å². The average Bonchev–Trinajstić information content (AvgIpc) is 2.94. The van der Waals surface area contributed by atoms with Crippen LogP contribution in [-0.4, -0.2) is 50.9 Å². The standard InChI is InChI=1S/C30H36BrN3O5S/c1-5-39-27-15-17-28(18-16-27)40(37,38)34(26-9-7-6-8-10-26)21-29(35)33(20-24-11-13-25(31)14-12-24)23(4)30(36)32-19-22(2)3/h6-18,22-23H,5,19-21H2,1-4H3,(H,32,36)/t23-/m1/s1. The third kappa shape index (κ3) is 8.32. The zero-order valence-electron chi connectivity index (χ0n) is 23.2. The van der Waals surface area contributed by atoms with E-state index in [1.165, 1.54) is 17.0 Å². The predicted molar refractivity (Wildman–Crippen MR) is 161 cm³/mol. The Hall–Kier alpha value is -3.37. The average molecular weight is 631 g/mol. The van der Waals surface area contributed by atoms with Crippen LogP contribution in [0.2, 0.25) is 0 Å². The van der Waals surface area contributed by atoms with E-state index < -0.39 is 28.5 Å². The van der Waals surface area contributed by atoms with Gasteiger partial charge in [0.1, 0.15) is 18.3 Å². The molecule has 10 heteroatoms. The third-order valence-corrected chi connectivity index (χ3v) is 8.48. The topological polar surface area (TPSA) is 96.0 Å². The van der Waals surface area contributed by atoms with Crippen LogP contribution >= 0.6 is 15.9 Å². The van der Waals surface area contributed by atoms with Crippen molar-refractivity contribution in [3.63, 3.8) is 0 Å². The Labute approximate surface area is 245 Å². The van der Waals surface area contributed by atoms with Crippen LogP contribution in [0.15, 0.2) is 88.2 Å². The maximum Gasteiger partial charge on any atom is 0.264 e. The molecule has 1 atom stereocenters. The monoisotopic (exact) mass is 629 g/mol. The number of nitrogens with one attached hydrogen (secondary N) is 1. The molecule has 1 N–H and O–H groups in total. The van der Waals surface area contributed by atoms with Crippen LogP contribution in [0.3, 0.4) is 0 Å². The van der Waals surface area contributed by atoms with E-state index >= 15 is 0 Å². The second-order valence-electron chi connectivity index (χ2n) is 9.71. The molecule has 0 spiro atoms. The number of hydrogen-bond acceptors (Lipinski definition) is 5. The highest BCUT2D eigenvalue weighted by Gasteiger charge is 2.32. The largest absolute Gasteiger partial charge is 0.494 e. The van der Waals surface area contributed by atoms with Crippen LogP contribution in [0, 0.1) is 5.92 Å². The van der Waals surface area contributed by atoms with Gasteiger partial charge in [0.2, 0.25) is 11.8 Å². The molecule has 40 heavy (non-hydrogen) atoms. The molecule has 0 heterocycles. The quantitative estimate of drug-likeness (QED) is 0.279. The number of nitrogens with zero attached hydrogens (tertiary/aromatic N) is 2. The maximum absolute atomic E-state index is 13.9. The van der Waals surface area contributed by atoms with E-state index in [1.54, 1.807) is 49.4 Å². The summed E-state index contributed by atoms with van der Waals surface area (Å²) < 4.78 is 35.2. The Kier molecular flexibility index (Phi) is 11.2. The number of carbonyl (C=O) groups excluding carboxylic acids is 2. The zero-order valence-corrected chi connectivity index (χ0v) is 25.6. The van der Waals surface area contributed by atoms with Gasteiger partial charge in [-0.2, -0.15) is 0 Å². The van der Waals surface area contributed by atoms with Crippen molar-refractivity contribution in [2.24, 2.45) is 5.92 Å². The normalized spacial score (nSPS) is 12.1. The SMILES string of the molecule is CCOc1ccc(S(=O)(=O)N(CC(=O)N(Cc2ccc(Br)cc2)[C@H](C)C(=O)NCC(C)C)c2ccccc2)cc1. The lowest BCUT2D eigenvalue weighted by atomic mass is 10.1. The number of benzene rings is 3. The maximum atomic E-state index is 13.9. The van der Waals surface area contributed by atoms with Crippen molar-refractivity contribution in [2.45, 2.75) is 45.2 Å². The van der Waals surface area contributed by atoms with E-state index in [0.29, 0.717) is 24.6 Å². The summed E-state index contributed by atoms with van der Waals surface area (Å²) in [5.41, 5.74) is 1.14. The Morgan fingerprint density at radius 3 is 2.12 bits per heavy atom. The molecular weight excluding hydrogens is 594 g/mol. The van der Waals surface area contributed by atoms with Gasteiger partial charge in [-0.05, 0) is 73.9 Å². The van der Waals surface area contributed by atoms with Crippen molar-refractivity contribution in [3.05, 3.63) is 88.9 Å². The third-order valence-electron chi connectivity index (χ3n) is 6.16. The van der Waals surface area contributed by atoms with Gasteiger partial charge >= 0.3 is 0 Å². The van der Waals surface area contributed by atoms with Crippen molar-refractivity contribution in [1.82, 2.24) is 10.2 Å². The van der Waals surface area contributed by atoms with E-state index in [9.17, 15) is 18.0 Å². The highest BCUT2D eigenvalue weighted by molar-refractivity contribution is 9.10. The van der Waals surface area contributed by atoms with Crippen molar-refractivity contribution >= 4 is 43.5 Å². The highest BCUT2D eigenvalue weighted by Crippen LogP contribution is 2.26. The van der Waals surface area contributed by atoms with E-state index in [1.807, 2.05) is 45.0 Å². The lowest BCUT2D eigenvalue weighted by molar-refractivity contribution is -0.139. The molecule has 0 fully saturated rings. The summed E-state index contributed by atoms with van der Waals surface area (Å²) in [6.07, 6.45) is 0. The number of rotatable bonds is 13. The molecule has 3 rings (SSSR count). The van der Waals surface area contributed by atoms with Crippen molar-refractivity contribution in [1.29, 1.82) is 0 Å². The fourth-order valence-corrected chi connectivity index (χ4v) is 5.62. The van der Waals surface area contributed by atoms with Crippen molar-refractivity contribution in [2.75, 3.05) is 24.0 Å². The van der Waals surface area contributed by atoms with Gasteiger partial charge in [0, 0.05) is 17.6 Å². The molecule has 0 bridgehead atoms. The van der Waals surface area contributed by atoms with Crippen LogP contribution in [-0.2, 0) is 26.2 Å². The zero-order chi connectivity index (χ0) is 29.3. The van der Waals surface area contributed by atoms with Crippen molar-refractivity contribution < 1.29 is 22.7 Å². The first-order valence-corrected chi connectivity index (χ1v) is 15.4. The van der Waals surface area contributed by atoms with E-state index in [4.69, 9.17) is 4.74 Å². The first kappa shape index (κ1) is 31.2. The van der Waals surface area contributed by atoms with Gasteiger partial charge in [-0.25, -0.2) is 8.42 Å². The molecule has 3 aromatic carbocycles. The minimum absolute atomic E-state index is 0.0230. The van der Waals surface area contributed by atoms with Crippen LogP contribution in [0.1, 0.15) is 33.3 Å². The summed E-state index contributed by atoms with van der Waals surface area (Å²) >= 11 is 3.42. The van der Waals surface area contributed by atoms with Crippen LogP contribution in [0.4, 0.5) is 5.69 Å². The van der Waals surface area contributed by atoms with E-state index in [-0.39, 0.29) is 23.3 Å². The number of anilines is 1. The van der Waals surface area contributed by atoms with Gasteiger partial charge in [-0.15, -0.1) is 0 Å². The fraction of sp³-hybridized carbons (Fsp3) is 0.333. The first-order chi connectivity index (χ1) is 19.0. The summed E-state index contributed by atoms with van der Waals surface area (Å²) in [5.74, 6) is -0.0291. The van der Waals surface area contributed by atoms with E-state index in [0.717, 1.165) is 14.3 Å². The van der Waals surface area contributed by atoms with Crippen molar-refractivity contribution in [3.8, 4) is 5.75 Å². The van der Waals surface area contributed by atoms with Gasteiger partial charge in [-0.1, -0.05) is 60.1 Å². The summed E-state index contributed by atoms with van der Waals surface area (Å²) in [6, 6.07) is 21.1. The fourth-order valence-electron chi connectivity index (χ4n) is 3.95. The molecule has 0 radical (unpaired) electrons. The Morgan fingerprint density at radius 1 is 0.925 bits per heavy atom. The summed E-state index contributed by atoms with van der Waals surface area (Å²) in [5, 5.41) is 2.88. The molecule has 2 amide bonds. The molecule has 3 aromatic rings. The molecule has 8 nitrogen and oxygen atoms in total. The number of carbonyl (C=O) groups is 2. The number of para-hydroxylation sites is 1. The van der Waals surface area contributed by atoms with Gasteiger partial charge in [-0.3, -0.25) is 13.9 Å². The molecule has 0 saturated carbocycles. The number of hydrogen-bond donors (Lipinski definition) is 1. The lowest BCUT2D eigenvalue weighted by Gasteiger charge is -2.32. The van der Waals surface area contributed by atoms with Crippen LogP contribution in [0.5, 0.6) is 5.75 Å². The first-order valence-electron chi connectivity index (χ1n) is 13.1. The Morgan fingerprint density at radius 2 is 1.55 bits per heavy atom. The minimum atomic E-state index is -4.14. The minimum Gasteiger partial charge on any atom is -0.494 e. The molecule has 0 aliphatic heterocycles. The number of sulfonamides is 1. The molecule has 214 valence electrons. The van der Waals surface area contributed by atoms with Gasteiger partial charge in [0.25, 0.3) is 10.0 Å². The Balaban J connectivity index is 1.97. The summed E-state index contributed by atoms with van der Waals surface area (Å²) in [4.78, 5) is 28.4. The number of amides is 2. The smallest absolute Gasteiger partial charge is 0.264 e. The molecule has 0 aromatic heterocycles. The number of ether oxygens (including phenoxy) is 1. The highest BCUT2D eigenvalue weighted by atomic mass is 79.9. The predicted octanol–water partition coefficient (Wildman–Crippen LogP) is 5.23. The summed E-state index contributed by atoms with van der Waals surface area (Å²) in [6.45, 7) is 8.03. The molecule has 0 aliphatic carbocycles. The molecule has 0 aliphatic rings. The summed E-state index contributed by atoms with van der Waals surface area (Å²) in [7, 11) is -4.14. The molecule has 0 saturated heterocycles. The van der Waals surface area contributed by atoms with E-state index in [2.05, 4.69) is 21.2 Å².